The molecule has 2 rings (SSSR count). The highest BCUT2D eigenvalue weighted by molar-refractivity contribution is 5.04. The first-order valence-corrected chi connectivity index (χ1v) is 5.96. The molecule has 16 heavy (non-hydrogen) atoms. The van der Waals surface area contributed by atoms with Gasteiger partial charge in [-0.15, -0.1) is 0 Å². The Morgan fingerprint density at radius 3 is 2.94 bits per heavy atom. The molecule has 0 aromatic carbocycles. The molecule has 88 valence electrons. The predicted molar refractivity (Wildman–Crippen MR) is 65.9 cm³/mol. The van der Waals surface area contributed by atoms with Crippen molar-refractivity contribution in [1.29, 1.82) is 0 Å². The van der Waals surface area contributed by atoms with Crippen LogP contribution in [-0.4, -0.2) is 29.0 Å². The van der Waals surface area contributed by atoms with Crippen molar-refractivity contribution in [2.24, 2.45) is 11.1 Å². The van der Waals surface area contributed by atoms with Gasteiger partial charge in [-0.2, -0.15) is 0 Å². The fourth-order valence-corrected chi connectivity index (χ4v) is 2.11. The molecule has 0 radical (unpaired) electrons. The quantitative estimate of drug-likeness (QED) is 0.822. The minimum Gasteiger partial charge on any atom is -0.326 e. The first-order chi connectivity index (χ1) is 7.58. The second kappa shape index (κ2) is 4.52. The topological polar surface area (TPSA) is 42.2 Å². The van der Waals surface area contributed by atoms with Crippen LogP contribution in [0.15, 0.2) is 24.4 Å². The second-order valence-electron chi connectivity index (χ2n) is 5.40. The monoisotopic (exact) mass is 219 g/mol. The van der Waals surface area contributed by atoms with E-state index < -0.39 is 0 Å². The minimum absolute atomic E-state index is 0.268. The number of hydrogen-bond donors (Lipinski definition) is 1. The zero-order chi connectivity index (χ0) is 11.6. The van der Waals surface area contributed by atoms with Gasteiger partial charge in [-0.05, 0) is 30.5 Å². The van der Waals surface area contributed by atoms with Gasteiger partial charge in [0, 0.05) is 25.3 Å². The maximum atomic E-state index is 6.19. The lowest BCUT2D eigenvalue weighted by molar-refractivity contribution is 0.0999. The van der Waals surface area contributed by atoms with Crippen LogP contribution < -0.4 is 5.73 Å². The summed E-state index contributed by atoms with van der Waals surface area (Å²) in [6.45, 7) is 7.54. The van der Waals surface area contributed by atoms with E-state index in [2.05, 4.69) is 29.8 Å². The molecular weight excluding hydrogens is 198 g/mol. The molecule has 2 heterocycles. The maximum absolute atomic E-state index is 6.19. The molecular formula is C13H21N3. The Morgan fingerprint density at radius 2 is 2.31 bits per heavy atom. The zero-order valence-electron chi connectivity index (χ0n) is 10.2. The van der Waals surface area contributed by atoms with Gasteiger partial charge >= 0.3 is 0 Å². The molecule has 1 atom stereocenters. The van der Waals surface area contributed by atoms with Gasteiger partial charge in [0.2, 0.25) is 0 Å². The third-order valence-electron chi connectivity index (χ3n) is 3.64. The summed E-state index contributed by atoms with van der Waals surface area (Å²) < 4.78 is 0. The molecule has 3 heteroatoms. The molecule has 1 fully saturated rings. The highest BCUT2D eigenvalue weighted by atomic mass is 15.2. The Hall–Kier alpha value is -0.930. The van der Waals surface area contributed by atoms with Crippen LogP contribution >= 0.6 is 0 Å². The largest absolute Gasteiger partial charge is 0.326 e. The molecule has 0 aliphatic carbocycles. The van der Waals surface area contributed by atoms with E-state index in [-0.39, 0.29) is 11.5 Å². The van der Waals surface area contributed by atoms with Crippen molar-refractivity contribution in [3.8, 4) is 0 Å². The molecule has 0 bridgehead atoms. The molecule has 2 N–H and O–H groups in total. The molecule has 1 aliphatic rings. The number of nitrogens with zero attached hydrogens (tertiary/aromatic N) is 2. The van der Waals surface area contributed by atoms with Gasteiger partial charge in [0.1, 0.15) is 0 Å². The van der Waals surface area contributed by atoms with Crippen LogP contribution in [0.25, 0.3) is 0 Å². The Balaban J connectivity index is 1.94. The van der Waals surface area contributed by atoms with Crippen molar-refractivity contribution in [2.75, 3.05) is 13.1 Å². The fourth-order valence-electron chi connectivity index (χ4n) is 2.11. The van der Waals surface area contributed by atoms with Gasteiger partial charge in [0.05, 0.1) is 5.69 Å². The molecule has 1 aromatic rings. The van der Waals surface area contributed by atoms with Gasteiger partial charge < -0.3 is 5.73 Å². The first-order valence-electron chi connectivity index (χ1n) is 5.96. The van der Waals surface area contributed by atoms with Crippen LogP contribution in [0.5, 0.6) is 0 Å². The summed E-state index contributed by atoms with van der Waals surface area (Å²) in [5.74, 6) is 0. The third-order valence-corrected chi connectivity index (χ3v) is 3.64. The number of aromatic nitrogens is 1. The molecule has 0 amide bonds. The van der Waals surface area contributed by atoms with Crippen LogP contribution in [0.4, 0.5) is 0 Å². The molecule has 1 aliphatic heterocycles. The summed E-state index contributed by atoms with van der Waals surface area (Å²) in [6, 6.07) is 6.33. The maximum Gasteiger partial charge on any atom is 0.0543 e. The van der Waals surface area contributed by atoms with Crippen molar-refractivity contribution in [3.05, 3.63) is 30.1 Å². The molecule has 1 unspecified atom stereocenters. The summed E-state index contributed by atoms with van der Waals surface area (Å²) in [4.78, 5) is 6.75. The van der Waals surface area contributed by atoms with Crippen LogP contribution in [-0.2, 0) is 6.54 Å². The summed E-state index contributed by atoms with van der Waals surface area (Å²) in [5, 5.41) is 0. The average Bonchev–Trinajstić information content (AvgIpc) is 2.26. The Kier molecular flexibility index (Phi) is 3.26. The Bertz CT molecular complexity index is 334. The normalized spacial score (nSPS) is 25.6. The van der Waals surface area contributed by atoms with E-state index in [1.54, 1.807) is 0 Å². The smallest absolute Gasteiger partial charge is 0.0543 e. The minimum atomic E-state index is 0.268. The van der Waals surface area contributed by atoms with Crippen molar-refractivity contribution in [3.63, 3.8) is 0 Å². The van der Waals surface area contributed by atoms with Crippen molar-refractivity contribution in [1.82, 2.24) is 9.88 Å². The third kappa shape index (κ3) is 2.60. The number of nitrogens with two attached hydrogens (primary N) is 1. The second-order valence-corrected chi connectivity index (χ2v) is 5.40. The van der Waals surface area contributed by atoms with Gasteiger partial charge in [-0.1, -0.05) is 19.9 Å². The predicted octanol–water partition coefficient (Wildman–Crippen LogP) is 1.64. The molecule has 1 aromatic heterocycles. The van der Waals surface area contributed by atoms with E-state index in [1.807, 2.05) is 18.3 Å². The van der Waals surface area contributed by atoms with Crippen LogP contribution in [0.1, 0.15) is 26.0 Å². The Morgan fingerprint density at radius 1 is 1.50 bits per heavy atom. The summed E-state index contributed by atoms with van der Waals surface area (Å²) in [7, 11) is 0. The zero-order valence-corrected chi connectivity index (χ0v) is 10.2. The fraction of sp³-hybridized carbons (Fsp3) is 0.615. The molecule has 0 spiro atoms. The van der Waals surface area contributed by atoms with E-state index >= 15 is 0 Å². The van der Waals surface area contributed by atoms with Gasteiger partial charge in [0.25, 0.3) is 0 Å². The molecule has 1 saturated heterocycles. The van der Waals surface area contributed by atoms with Crippen LogP contribution in [0.3, 0.4) is 0 Å². The van der Waals surface area contributed by atoms with Crippen molar-refractivity contribution in [2.45, 2.75) is 32.9 Å². The van der Waals surface area contributed by atoms with Gasteiger partial charge in [0.15, 0.2) is 0 Å². The van der Waals surface area contributed by atoms with E-state index in [4.69, 9.17) is 5.73 Å². The van der Waals surface area contributed by atoms with Gasteiger partial charge in [-0.25, -0.2) is 0 Å². The number of pyridine rings is 1. The summed E-state index contributed by atoms with van der Waals surface area (Å²) >= 11 is 0. The van der Waals surface area contributed by atoms with Crippen molar-refractivity contribution >= 4 is 0 Å². The molecule has 3 nitrogen and oxygen atoms in total. The first kappa shape index (κ1) is 11.6. The van der Waals surface area contributed by atoms with E-state index in [0.29, 0.717) is 0 Å². The highest BCUT2D eigenvalue weighted by Crippen LogP contribution is 2.29. The number of rotatable bonds is 2. The van der Waals surface area contributed by atoms with E-state index in [1.165, 1.54) is 6.42 Å². The van der Waals surface area contributed by atoms with E-state index in [9.17, 15) is 0 Å². The van der Waals surface area contributed by atoms with Crippen LogP contribution in [0.2, 0.25) is 0 Å². The van der Waals surface area contributed by atoms with Crippen molar-refractivity contribution < 1.29 is 0 Å². The number of piperidine rings is 1. The highest BCUT2D eigenvalue weighted by Gasteiger charge is 2.32. The molecule has 0 saturated carbocycles. The Labute approximate surface area is 97.7 Å². The summed E-state index contributed by atoms with van der Waals surface area (Å²) in [6.07, 6.45) is 3.02. The lowest BCUT2D eigenvalue weighted by Gasteiger charge is -2.42. The summed E-state index contributed by atoms with van der Waals surface area (Å²) in [5.41, 5.74) is 7.61. The standard InChI is InChI=1S/C13H21N3/c1-13(2)6-8-16(10-12(13)14)9-11-5-3-4-7-15-11/h3-5,7,12H,6,8-10,14H2,1-2H3. The SMILES string of the molecule is CC1(C)CCN(Cc2ccccn2)CC1N. The number of hydrogen-bond acceptors (Lipinski definition) is 3. The number of likely N-dealkylation sites (tertiary alicyclic amines) is 1. The lowest BCUT2D eigenvalue weighted by atomic mass is 9.78. The lowest BCUT2D eigenvalue weighted by Crippen LogP contribution is -2.52. The van der Waals surface area contributed by atoms with Crippen LogP contribution in [0, 0.1) is 5.41 Å². The van der Waals surface area contributed by atoms with Gasteiger partial charge in [-0.3, -0.25) is 9.88 Å². The van der Waals surface area contributed by atoms with E-state index in [0.717, 1.165) is 25.3 Å². The average molecular weight is 219 g/mol.